The van der Waals surface area contributed by atoms with Crippen molar-refractivity contribution in [3.8, 4) is 0 Å². The first-order chi connectivity index (χ1) is 17.6. The lowest BCUT2D eigenvalue weighted by atomic mass is 10.0. The minimum absolute atomic E-state index is 0.0264. The Morgan fingerprint density at radius 3 is 2.41 bits per heavy atom. The van der Waals surface area contributed by atoms with Gasteiger partial charge in [-0.1, -0.05) is 32.0 Å². The number of fused-ring (bicyclic) bond motifs is 1. The normalized spacial score (nSPS) is 17.6. The summed E-state index contributed by atoms with van der Waals surface area (Å²) in [4.78, 5) is 65.3. The van der Waals surface area contributed by atoms with Crippen LogP contribution in [0.4, 0.5) is 0 Å². The summed E-state index contributed by atoms with van der Waals surface area (Å²) in [6.45, 7) is 4.04. The van der Waals surface area contributed by atoms with Gasteiger partial charge in [0.2, 0.25) is 23.6 Å². The Kier molecular flexibility index (Phi) is 9.23. The predicted molar refractivity (Wildman–Crippen MR) is 135 cm³/mol. The van der Waals surface area contributed by atoms with Gasteiger partial charge in [-0.25, -0.2) is 4.79 Å². The summed E-state index contributed by atoms with van der Waals surface area (Å²) in [6, 6.07) is 3.29. The molecule has 4 atom stereocenters. The van der Waals surface area contributed by atoms with Crippen LogP contribution in [0, 0.1) is 5.92 Å². The summed E-state index contributed by atoms with van der Waals surface area (Å²) >= 11 is 0. The number of nitrogens with one attached hydrogen (secondary N) is 5. The molecule has 12 heteroatoms. The van der Waals surface area contributed by atoms with E-state index in [0.29, 0.717) is 13.0 Å². The Bertz CT molecular complexity index is 1160. The lowest BCUT2D eigenvalue weighted by molar-refractivity contribution is -0.142. The summed E-state index contributed by atoms with van der Waals surface area (Å²) in [5, 5.41) is 21.2. The molecule has 1 fully saturated rings. The molecule has 0 bridgehead atoms. The number of nitrogens with two attached hydrogens (primary N) is 1. The number of aromatic amines is 1. The second-order valence-electron chi connectivity index (χ2n) is 9.57. The van der Waals surface area contributed by atoms with Crippen molar-refractivity contribution in [2.45, 2.75) is 63.7 Å². The fraction of sp³-hybridized carbons (Fsp3) is 0.480. The van der Waals surface area contributed by atoms with Crippen molar-refractivity contribution in [1.29, 1.82) is 0 Å². The molecule has 1 aliphatic heterocycles. The topological polar surface area (TPSA) is 196 Å². The molecule has 1 aromatic heterocycles. The molecule has 12 nitrogen and oxygen atoms in total. The summed E-state index contributed by atoms with van der Waals surface area (Å²) in [7, 11) is 0. The number of carbonyl (C=O) groups is 5. The Balaban J connectivity index is 1.70. The molecule has 8 N–H and O–H groups in total. The van der Waals surface area contributed by atoms with Gasteiger partial charge in [0.15, 0.2) is 0 Å². The van der Waals surface area contributed by atoms with Crippen molar-refractivity contribution in [2.75, 3.05) is 6.54 Å². The number of aliphatic carboxylic acids is 1. The van der Waals surface area contributed by atoms with E-state index < -0.39 is 66.1 Å². The second kappa shape index (κ2) is 12.3. The third kappa shape index (κ3) is 7.29. The summed E-state index contributed by atoms with van der Waals surface area (Å²) < 4.78 is 0. The van der Waals surface area contributed by atoms with Crippen molar-refractivity contribution in [3.05, 3.63) is 36.0 Å². The van der Waals surface area contributed by atoms with E-state index in [1.165, 1.54) is 0 Å². The van der Waals surface area contributed by atoms with Gasteiger partial charge in [0, 0.05) is 23.5 Å². The molecule has 2 heterocycles. The van der Waals surface area contributed by atoms with E-state index in [4.69, 9.17) is 5.73 Å². The number of hydrogen-bond acceptors (Lipinski definition) is 6. The predicted octanol–water partition coefficient (Wildman–Crippen LogP) is -0.467. The number of primary amides is 1. The van der Waals surface area contributed by atoms with Crippen LogP contribution in [0.3, 0.4) is 0 Å². The number of benzene rings is 1. The van der Waals surface area contributed by atoms with Gasteiger partial charge in [-0.15, -0.1) is 0 Å². The largest absolute Gasteiger partial charge is 0.480 e. The van der Waals surface area contributed by atoms with Crippen LogP contribution in [0.5, 0.6) is 0 Å². The van der Waals surface area contributed by atoms with Crippen molar-refractivity contribution in [2.24, 2.45) is 11.7 Å². The highest BCUT2D eigenvalue weighted by molar-refractivity contribution is 5.96. The highest BCUT2D eigenvalue weighted by Crippen LogP contribution is 2.19. The highest BCUT2D eigenvalue weighted by Gasteiger charge is 2.33. The minimum Gasteiger partial charge on any atom is -0.480 e. The van der Waals surface area contributed by atoms with E-state index in [-0.39, 0.29) is 6.42 Å². The van der Waals surface area contributed by atoms with Crippen molar-refractivity contribution in [3.63, 3.8) is 0 Å². The van der Waals surface area contributed by atoms with Crippen LogP contribution in [0.15, 0.2) is 30.5 Å². The third-order valence-electron chi connectivity index (χ3n) is 6.38. The maximum absolute atomic E-state index is 13.1. The van der Waals surface area contributed by atoms with E-state index in [9.17, 15) is 29.1 Å². The molecule has 37 heavy (non-hydrogen) atoms. The summed E-state index contributed by atoms with van der Waals surface area (Å²) in [5.41, 5.74) is 6.84. The molecule has 2 aromatic rings. The molecular weight excluding hydrogens is 480 g/mol. The molecule has 0 radical (unpaired) electrons. The number of aromatic nitrogens is 1. The smallest absolute Gasteiger partial charge is 0.326 e. The molecule has 200 valence electrons. The lowest BCUT2D eigenvalue weighted by Crippen LogP contribution is -2.59. The number of para-hydroxylation sites is 1. The highest BCUT2D eigenvalue weighted by atomic mass is 16.4. The fourth-order valence-electron chi connectivity index (χ4n) is 4.36. The average molecular weight is 515 g/mol. The van der Waals surface area contributed by atoms with Crippen molar-refractivity contribution in [1.82, 2.24) is 26.3 Å². The molecular formula is C25H34N6O6. The zero-order valence-electron chi connectivity index (χ0n) is 20.9. The van der Waals surface area contributed by atoms with Gasteiger partial charge < -0.3 is 37.1 Å². The summed E-state index contributed by atoms with van der Waals surface area (Å²) in [5.74, 6) is -4.34. The molecule has 0 spiro atoms. The molecule has 0 aliphatic carbocycles. The molecule has 0 saturated carbocycles. The van der Waals surface area contributed by atoms with Gasteiger partial charge >= 0.3 is 5.97 Å². The fourth-order valence-corrected chi connectivity index (χ4v) is 4.36. The van der Waals surface area contributed by atoms with Gasteiger partial charge in [-0.05, 0) is 36.9 Å². The Hall–Kier alpha value is -3.93. The van der Waals surface area contributed by atoms with E-state index in [2.05, 4.69) is 26.3 Å². The number of carboxylic acid groups (broad SMARTS) is 1. The molecule has 1 saturated heterocycles. The molecule has 1 aromatic carbocycles. The van der Waals surface area contributed by atoms with E-state index in [1.807, 2.05) is 24.3 Å². The summed E-state index contributed by atoms with van der Waals surface area (Å²) in [6.07, 6.45) is 2.68. The van der Waals surface area contributed by atoms with Gasteiger partial charge in [-0.2, -0.15) is 0 Å². The Morgan fingerprint density at radius 2 is 1.78 bits per heavy atom. The third-order valence-corrected chi connectivity index (χ3v) is 6.38. The van der Waals surface area contributed by atoms with E-state index in [0.717, 1.165) is 22.9 Å². The SMILES string of the molecule is CC(C)C(NC(=O)C(CC(N)=O)NC(=O)C1CCCN1)C(=O)NC(Cc1c[nH]c2ccccc12)C(=O)O. The Morgan fingerprint density at radius 1 is 1.05 bits per heavy atom. The average Bonchev–Trinajstić information content (AvgIpc) is 3.51. The first kappa shape index (κ1) is 27.7. The quantitative estimate of drug-likeness (QED) is 0.199. The first-order valence-electron chi connectivity index (χ1n) is 12.3. The van der Waals surface area contributed by atoms with Crippen molar-refractivity contribution < 1.29 is 29.1 Å². The number of carboxylic acids is 1. The van der Waals surface area contributed by atoms with E-state index >= 15 is 0 Å². The van der Waals surface area contributed by atoms with Crippen LogP contribution in [-0.4, -0.2) is 70.4 Å². The first-order valence-corrected chi connectivity index (χ1v) is 12.3. The van der Waals surface area contributed by atoms with Crippen LogP contribution in [0.25, 0.3) is 10.9 Å². The van der Waals surface area contributed by atoms with Crippen molar-refractivity contribution >= 4 is 40.5 Å². The van der Waals surface area contributed by atoms with Crippen LogP contribution in [0.2, 0.25) is 0 Å². The molecule has 4 amide bonds. The number of amides is 4. The van der Waals surface area contributed by atoms with Crippen LogP contribution < -0.4 is 27.0 Å². The number of hydrogen-bond donors (Lipinski definition) is 7. The van der Waals surface area contributed by atoms with Crippen LogP contribution in [-0.2, 0) is 30.4 Å². The molecule has 4 unspecified atom stereocenters. The number of H-pyrrole nitrogens is 1. The monoisotopic (exact) mass is 514 g/mol. The molecule has 3 rings (SSSR count). The Labute approximate surface area is 214 Å². The van der Waals surface area contributed by atoms with Gasteiger partial charge in [-0.3, -0.25) is 19.2 Å². The standard InChI is InChI=1S/C25H34N6O6/c1-13(2)21(31-23(34)18(11-20(26)32)29-22(33)17-8-5-9-27-17)24(35)30-19(25(36)37)10-14-12-28-16-7-4-3-6-15(14)16/h3-4,6-7,12-13,17-19,21,27-28H,5,8-11H2,1-2H3,(H2,26,32)(H,29,33)(H,30,35)(H,31,34)(H,36,37). The van der Waals surface area contributed by atoms with Gasteiger partial charge in [0.1, 0.15) is 18.1 Å². The van der Waals surface area contributed by atoms with E-state index in [1.54, 1.807) is 20.0 Å². The zero-order chi connectivity index (χ0) is 27.1. The van der Waals surface area contributed by atoms with Gasteiger partial charge in [0.05, 0.1) is 12.5 Å². The van der Waals surface area contributed by atoms with Crippen LogP contribution in [0.1, 0.15) is 38.7 Å². The maximum atomic E-state index is 13.1. The van der Waals surface area contributed by atoms with Crippen LogP contribution >= 0.6 is 0 Å². The molecule has 1 aliphatic rings. The number of rotatable bonds is 12. The van der Waals surface area contributed by atoms with Gasteiger partial charge in [0.25, 0.3) is 0 Å². The minimum atomic E-state index is -1.28. The lowest BCUT2D eigenvalue weighted by Gasteiger charge is -2.26. The zero-order valence-corrected chi connectivity index (χ0v) is 20.9. The maximum Gasteiger partial charge on any atom is 0.326 e. The second-order valence-corrected chi connectivity index (χ2v) is 9.57. The number of carbonyl (C=O) groups excluding carboxylic acids is 4.